The summed E-state index contributed by atoms with van der Waals surface area (Å²) in [6, 6.07) is 5.57. The average molecular weight is 279 g/mol. The first-order valence-electron chi connectivity index (χ1n) is 5.42. The summed E-state index contributed by atoms with van der Waals surface area (Å²) in [6.07, 6.45) is 0. The Morgan fingerprint density at radius 1 is 1.33 bits per heavy atom. The molecule has 0 aliphatic heterocycles. The van der Waals surface area contributed by atoms with E-state index in [-0.39, 0.29) is 18.8 Å². The van der Waals surface area contributed by atoms with Crippen LogP contribution in [-0.2, 0) is 9.84 Å². The van der Waals surface area contributed by atoms with Crippen LogP contribution in [0.1, 0.15) is 6.92 Å². The maximum Gasteiger partial charge on any atom is 0.341 e. The molecule has 0 unspecified atom stereocenters. The van der Waals surface area contributed by atoms with Crippen LogP contribution in [0.2, 0.25) is 0 Å². The second-order valence-corrected chi connectivity index (χ2v) is 5.46. The number of rotatable bonds is 6. The number of hydrogen-bond donors (Lipinski definition) is 1. The molecule has 0 radical (unpaired) electrons. The second kappa shape index (κ2) is 6.10. The van der Waals surface area contributed by atoms with Gasteiger partial charge in [-0.1, -0.05) is 12.1 Å². The highest BCUT2D eigenvalue weighted by atomic mass is 32.2. The number of sulfone groups is 1. The summed E-state index contributed by atoms with van der Waals surface area (Å²) in [5, 5.41) is 8.89. The lowest BCUT2D eigenvalue weighted by Gasteiger charge is -2.24. The molecule has 0 saturated heterocycles. The van der Waals surface area contributed by atoms with Crippen LogP contribution in [0, 0.1) is 0 Å². The Kier molecular flexibility index (Phi) is 5.03. The number of likely N-dealkylation sites (N-methyl/N-ethyl adjacent to an activating group) is 1. The van der Waals surface area contributed by atoms with Gasteiger partial charge in [-0.05, 0) is 19.1 Å². The van der Waals surface area contributed by atoms with Crippen molar-refractivity contribution >= 4 is 15.5 Å². The summed E-state index contributed by atoms with van der Waals surface area (Å²) in [6.45, 7) is 2.17. The molecule has 1 aromatic rings. The normalized spacial score (nSPS) is 11.8. The summed E-state index contributed by atoms with van der Waals surface area (Å²) in [5.74, 6) is -3.45. The fraction of sp³-hybridized carbons (Fsp3) is 0.455. The molecular weight excluding hydrogens is 264 g/mol. The van der Waals surface area contributed by atoms with Crippen molar-refractivity contribution in [2.75, 3.05) is 24.6 Å². The average Bonchev–Trinajstić information content (AvgIpc) is 2.35. The van der Waals surface area contributed by atoms with Gasteiger partial charge in [0, 0.05) is 13.1 Å². The van der Waals surface area contributed by atoms with E-state index in [2.05, 4.69) is 0 Å². The maximum absolute atomic E-state index is 12.6. The molecule has 0 amide bonds. The van der Waals surface area contributed by atoms with E-state index >= 15 is 0 Å². The van der Waals surface area contributed by atoms with Crippen molar-refractivity contribution in [3.05, 3.63) is 24.3 Å². The summed E-state index contributed by atoms with van der Waals surface area (Å²) in [7, 11) is -4.64. The molecule has 0 bridgehead atoms. The van der Waals surface area contributed by atoms with Gasteiger partial charge in [0.25, 0.3) is 0 Å². The molecule has 1 N–H and O–H groups in total. The predicted octanol–water partition coefficient (Wildman–Crippen LogP) is 1.50. The van der Waals surface area contributed by atoms with E-state index in [0.717, 1.165) is 6.07 Å². The Labute approximate surface area is 105 Å². The standard InChI is InChI=1S/C11H15F2NO3S/c1-2-14(7-8-15)9-5-3-4-6-10(9)18(16,17)11(12)13/h3-6,11,15H,2,7-8H2,1H3. The molecule has 7 heteroatoms. The van der Waals surface area contributed by atoms with E-state index in [9.17, 15) is 17.2 Å². The molecule has 1 rings (SSSR count). The number of alkyl halides is 2. The van der Waals surface area contributed by atoms with Crippen LogP contribution in [0.15, 0.2) is 29.2 Å². The van der Waals surface area contributed by atoms with Gasteiger partial charge in [0.1, 0.15) is 0 Å². The first-order chi connectivity index (χ1) is 8.45. The van der Waals surface area contributed by atoms with Gasteiger partial charge in [-0.3, -0.25) is 0 Å². The molecule has 0 aliphatic carbocycles. The smallest absolute Gasteiger partial charge is 0.341 e. The quantitative estimate of drug-likeness (QED) is 0.857. The number of hydrogen-bond acceptors (Lipinski definition) is 4. The van der Waals surface area contributed by atoms with Crippen molar-refractivity contribution in [3.63, 3.8) is 0 Å². The minimum atomic E-state index is -4.64. The highest BCUT2D eigenvalue weighted by Gasteiger charge is 2.30. The Hall–Kier alpha value is -1.21. The molecule has 4 nitrogen and oxygen atoms in total. The van der Waals surface area contributed by atoms with Crippen LogP contribution in [0.4, 0.5) is 14.5 Å². The van der Waals surface area contributed by atoms with Crippen LogP contribution < -0.4 is 4.90 Å². The summed E-state index contributed by atoms with van der Waals surface area (Å²) in [4.78, 5) is 1.13. The molecule has 18 heavy (non-hydrogen) atoms. The Bertz CT molecular complexity index is 491. The lowest BCUT2D eigenvalue weighted by atomic mass is 10.3. The number of anilines is 1. The number of aliphatic hydroxyl groups is 1. The van der Waals surface area contributed by atoms with Gasteiger partial charge in [-0.15, -0.1) is 0 Å². The van der Waals surface area contributed by atoms with Crippen molar-refractivity contribution < 1.29 is 22.3 Å². The number of halogens is 2. The third-order valence-corrected chi connectivity index (χ3v) is 3.93. The highest BCUT2D eigenvalue weighted by molar-refractivity contribution is 7.91. The summed E-state index contributed by atoms with van der Waals surface area (Å²) < 4.78 is 48.2. The van der Waals surface area contributed by atoms with Crippen molar-refractivity contribution in [1.29, 1.82) is 0 Å². The Morgan fingerprint density at radius 2 is 1.94 bits per heavy atom. The van der Waals surface area contributed by atoms with E-state index in [1.54, 1.807) is 13.0 Å². The summed E-state index contributed by atoms with van der Waals surface area (Å²) >= 11 is 0. The number of benzene rings is 1. The lowest BCUT2D eigenvalue weighted by Crippen LogP contribution is -2.28. The molecule has 0 spiro atoms. The molecule has 102 valence electrons. The zero-order valence-corrected chi connectivity index (χ0v) is 10.7. The van der Waals surface area contributed by atoms with Crippen molar-refractivity contribution in [1.82, 2.24) is 0 Å². The fourth-order valence-corrected chi connectivity index (χ4v) is 2.57. The van der Waals surface area contributed by atoms with E-state index in [1.807, 2.05) is 0 Å². The SMILES string of the molecule is CCN(CCO)c1ccccc1S(=O)(=O)C(F)F. The number of para-hydroxylation sites is 1. The van der Waals surface area contributed by atoms with Gasteiger partial charge in [0.05, 0.1) is 17.2 Å². The predicted molar refractivity (Wildman–Crippen MR) is 64.6 cm³/mol. The molecular formula is C11H15F2NO3S. The van der Waals surface area contributed by atoms with Crippen molar-refractivity contribution in [3.8, 4) is 0 Å². The topological polar surface area (TPSA) is 57.6 Å². The third kappa shape index (κ3) is 2.97. The van der Waals surface area contributed by atoms with Gasteiger partial charge in [-0.25, -0.2) is 8.42 Å². The lowest BCUT2D eigenvalue weighted by molar-refractivity contribution is 0.234. The molecule has 0 aliphatic rings. The van der Waals surface area contributed by atoms with Crippen LogP contribution in [-0.4, -0.2) is 39.0 Å². The van der Waals surface area contributed by atoms with Gasteiger partial charge in [0.2, 0.25) is 9.84 Å². The van der Waals surface area contributed by atoms with Crippen molar-refractivity contribution in [2.24, 2.45) is 0 Å². The molecule has 1 aromatic carbocycles. The van der Waals surface area contributed by atoms with Crippen LogP contribution in [0.5, 0.6) is 0 Å². The zero-order valence-electron chi connectivity index (χ0n) is 9.88. The monoisotopic (exact) mass is 279 g/mol. The van der Waals surface area contributed by atoms with Crippen molar-refractivity contribution in [2.45, 2.75) is 17.6 Å². The molecule has 0 heterocycles. The maximum atomic E-state index is 12.6. The van der Waals surface area contributed by atoms with Gasteiger partial charge >= 0.3 is 5.76 Å². The van der Waals surface area contributed by atoms with E-state index in [0.29, 0.717) is 6.54 Å². The summed E-state index contributed by atoms with van der Waals surface area (Å²) in [5.41, 5.74) is 0.189. The molecule has 0 aromatic heterocycles. The third-order valence-electron chi connectivity index (χ3n) is 2.50. The highest BCUT2D eigenvalue weighted by Crippen LogP contribution is 2.28. The van der Waals surface area contributed by atoms with Gasteiger partial charge in [0.15, 0.2) is 0 Å². The van der Waals surface area contributed by atoms with Crippen LogP contribution in [0.3, 0.4) is 0 Å². The molecule has 0 fully saturated rings. The Morgan fingerprint density at radius 3 is 2.44 bits per heavy atom. The van der Waals surface area contributed by atoms with E-state index in [4.69, 9.17) is 5.11 Å². The number of aliphatic hydroxyl groups excluding tert-OH is 1. The minimum absolute atomic E-state index is 0.184. The second-order valence-electron chi connectivity index (χ2n) is 3.58. The largest absolute Gasteiger partial charge is 0.395 e. The molecule has 0 saturated carbocycles. The molecule has 0 atom stereocenters. The Balaban J connectivity index is 3.30. The first kappa shape index (κ1) is 14.8. The van der Waals surface area contributed by atoms with Crippen LogP contribution in [0.25, 0.3) is 0 Å². The van der Waals surface area contributed by atoms with Gasteiger partial charge < -0.3 is 10.0 Å². The van der Waals surface area contributed by atoms with E-state index in [1.165, 1.54) is 17.0 Å². The van der Waals surface area contributed by atoms with Crippen LogP contribution >= 0.6 is 0 Å². The zero-order chi connectivity index (χ0) is 13.8. The fourth-order valence-electron chi connectivity index (χ4n) is 1.62. The van der Waals surface area contributed by atoms with Gasteiger partial charge in [-0.2, -0.15) is 8.78 Å². The van der Waals surface area contributed by atoms with E-state index < -0.39 is 20.5 Å². The first-order valence-corrected chi connectivity index (χ1v) is 6.96. The number of nitrogens with zero attached hydrogens (tertiary/aromatic N) is 1. The minimum Gasteiger partial charge on any atom is -0.395 e.